The SMILES string of the molecule is O=C(CN1CCN(S(=O)(=O)c2ccc(Cl)cc2)CC1)N(C1CCCCC1)[C@@H]1CCS(=O)(=O)C1. The molecule has 184 valence electrons. The Hall–Kier alpha value is -1.20. The molecule has 1 amide bonds. The predicted octanol–water partition coefficient (Wildman–Crippen LogP) is 1.99. The lowest BCUT2D eigenvalue weighted by atomic mass is 9.92. The van der Waals surface area contributed by atoms with Crippen molar-refractivity contribution in [3.63, 3.8) is 0 Å². The molecular formula is C22H32ClN3O5S2. The van der Waals surface area contributed by atoms with E-state index in [1.54, 1.807) is 12.1 Å². The van der Waals surface area contributed by atoms with Crippen molar-refractivity contribution in [2.75, 3.05) is 44.2 Å². The fourth-order valence-electron chi connectivity index (χ4n) is 5.22. The quantitative estimate of drug-likeness (QED) is 0.572. The fraction of sp³-hybridized carbons (Fsp3) is 0.682. The Morgan fingerprint density at radius 1 is 0.970 bits per heavy atom. The molecule has 0 spiro atoms. The van der Waals surface area contributed by atoms with Crippen molar-refractivity contribution in [2.45, 2.75) is 55.5 Å². The van der Waals surface area contributed by atoms with Crippen LogP contribution in [0.1, 0.15) is 38.5 Å². The first kappa shape index (κ1) is 24.9. The molecule has 1 aromatic rings. The Bertz CT molecular complexity index is 1050. The van der Waals surface area contributed by atoms with Gasteiger partial charge in [-0.05, 0) is 43.5 Å². The highest BCUT2D eigenvalue weighted by Crippen LogP contribution is 2.29. The Kier molecular flexibility index (Phi) is 7.69. The highest BCUT2D eigenvalue weighted by molar-refractivity contribution is 7.91. The van der Waals surface area contributed by atoms with Crippen molar-refractivity contribution in [1.82, 2.24) is 14.1 Å². The molecule has 0 bridgehead atoms. The summed E-state index contributed by atoms with van der Waals surface area (Å²) in [6.07, 6.45) is 5.65. The second-order valence-electron chi connectivity index (χ2n) is 9.28. The number of rotatable bonds is 6. The smallest absolute Gasteiger partial charge is 0.243 e. The lowest BCUT2D eigenvalue weighted by Crippen LogP contribution is -2.55. The van der Waals surface area contributed by atoms with Crippen LogP contribution in [0.25, 0.3) is 0 Å². The van der Waals surface area contributed by atoms with E-state index in [9.17, 15) is 21.6 Å². The van der Waals surface area contributed by atoms with Gasteiger partial charge < -0.3 is 4.90 Å². The van der Waals surface area contributed by atoms with Crippen LogP contribution >= 0.6 is 11.6 Å². The second kappa shape index (κ2) is 10.2. The molecule has 1 aromatic carbocycles. The van der Waals surface area contributed by atoms with Crippen LogP contribution in [-0.2, 0) is 24.7 Å². The first-order chi connectivity index (χ1) is 15.7. The third-order valence-electron chi connectivity index (χ3n) is 7.00. The minimum absolute atomic E-state index is 0.0296. The molecule has 3 fully saturated rings. The van der Waals surface area contributed by atoms with Gasteiger partial charge in [-0.2, -0.15) is 4.31 Å². The average molecular weight is 518 g/mol. The van der Waals surface area contributed by atoms with Crippen LogP contribution in [0.3, 0.4) is 0 Å². The van der Waals surface area contributed by atoms with E-state index >= 15 is 0 Å². The first-order valence-corrected chi connectivity index (χ1v) is 15.3. The van der Waals surface area contributed by atoms with Gasteiger partial charge in [0.25, 0.3) is 0 Å². The summed E-state index contributed by atoms with van der Waals surface area (Å²) in [6.45, 7) is 1.72. The number of sulfonamides is 1. The summed E-state index contributed by atoms with van der Waals surface area (Å²) in [7, 11) is -6.69. The number of piperazine rings is 1. The molecule has 0 N–H and O–H groups in total. The van der Waals surface area contributed by atoms with Crippen LogP contribution in [0.4, 0.5) is 0 Å². The van der Waals surface area contributed by atoms with Crippen LogP contribution in [0.5, 0.6) is 0 Å². The van der Waals surface area contributed by atoms with Crippen molar-refractivity contribution in [2.24, 2.45) is 0 Å². The zero-order valence-corrected chi connectivity index (χ0v) is 21.1. The molecule has 0 aromatic heterocycles. The molecule has 3 aliphatic rings. The number of benzene rings is 1. The van der Waals surface area contributed by atoms with Crippen molar-refractivity contribution in [3.8, 4) is 0 Å². The zero-order chi connectivity index (χ0) is 23.6. The van der Waals surface area contributed by atoms with Gasteiger partial charge in [-0.25, -0.2) is 16.8 Å². The molecule has 8 nitrogen and oxygen atoms in total. The zero-order valence-electron chi connectivity index (χ0n) is 18.7. The molecule has 0 radical (unpaired) electrons. The van der Waals surface area contributed by atoms with E-state index in [1.165, 1.54) is 16.4 Å². The summed E-state index contributed by atoms with van der Waals surface area (Å²) < 4.78 is 51.4. The standard InChI is InChI=1S/C22H32ClN3O5S2/c23-18-6-8-21(9-7-18)33(30,31)25-13-11-24(12-14-25)16-22(27)26(19-4-2-1-3-5-19)20-10-15-32(28,29)17-20/h6-9,19-20H,1-5,10-17H2/t20-/m1/s1. The third-order valence-corrected chi connectivity index (χ3v) is 10.9. The van der Waals surface area contributed by atoms with Crippen molar-refractivity contribution in [1.29, 1.82) is 0 Å². The van der Waals surface area contributed by atoms with E-state index in [4.69, 9.17) is 11.6 Å². The number of halogens is 1. The number of hydrogen-bond donors (Lipinski definition) is 0. The molecule has 11 heteroatoms. The van der Waals surface area contributed by atoms with Gasteiger partial charge in [0, 0.05) is 43.3 Å². The monoisotopic (exact) mass is 517 g/mol. The molecule has 2 heterocycles. The van der Waals surface area contributed by atoms with E-state index in [-0.39, 0.29) is 40.9 Å². The summed E-state index contributed by atoms with van der Waals surface area (Å²) in [4.78, 5) is 17.5. The largest absolute Gasteiger partial charge is 0.335 e. The Balaban J connectivity index is 1.39. The predicted molar refractivity (Wildman–Crippen MR) is 127 cm³/mol. The minimum atomic E-state index is -3.60. The molecule has 2 aliphatic heterocycles. The minimum Gasteiger partial charge on any atom is -0.335 e. The van der Waals surface area contributed by atoms with Gasteiger partial charge in [0.15, 0.2) is 9.84 Å². The van der Waals surface area contributed by atoms with Gasteiger partial charge in [-0.1, -0.05) is 30.9 Å². The normalized spacial score (nSPS) is 25.2. The number of carbonyl (C=O) groups is 1. The number of carbonyl (C=O) groups excluding carboxylic acids is 1. The fourth-order valence-corrected chi connectivity index (χ4v) is 8.48. The summed E-state index contributed by atoms with van der Waals surface area (Å²) in [5.74, 6) is 0.176. The number of nitrogens with zero attached hydrogens (tertiary/aromatic N) is 3. The van der Waals surface area contributed by atoms with Crippen molar-refractivity contribution >= 4 is 37.4 Å². The lowest BCUT2D eigenvalue weighted by molar-refractivity contribution is -0.138. The second-order valence-corrected chi connectivity index (χ2v) is 13.9. The topological polar surface area (TPSA) is 95.1 Å². The van der Waals surface area contributed by atoms with E-state index in [1.807, 2.05) is 9.80 Å². The van der Waals surface area contributed by atoms with Gasteiger partial charge in [0.05, 0.1) is 22.9 Å². The molecule has 4 rings (SSSR count). The maximum Gasteiger partial charge on any atom is 0.243 e. The van der Waals surface area contributed by atoms with Crippen molar-refractivity contribution < 1.29 is 21.6 Å². The number of amides is 1. The Morgan fingerprint density at radius 2 is 1.61 bits per heavy atom. The summed E-state index contributed by atoms with van der Waals surface area (Å²) >= 11 is 5.87. The Labute approximate surface area is 201 Å². The van der Waals surface area contributed by atoms with Crippen molar-refractivity contribution in [3.05, 3.63) is 29.3 Å². The Morgan fingerprint density at radius 3 is 2.18 bits per heavy atom. The average Bonchev–Trinajstić information content (AvgIpc) is 3.14. The van der Waals surface area contributed by atoms with E-state index in [0.29, 0.717) is 37.6 Å². The molecule has 1 saturated carbocycles. The summed E-state index contributed by atoms with van der Waals surface area (Å²) in [6, 6.07) is 6.00. The molecule has 33 heavy (non-hydrogen) atoms. The van der Waals surface area contributed by atoms with E-state index in [2.05, 4.69) is 0 Å². The summed E-state index contributed by atoms with van der Waals surface area (Å²) in [5, 5.41) is 0.481. The van der Waals surface area contributed by atoms with E-state index in [0.717, 1.165) is 32.1 Å². The van der Waals surface area contributed by atoms with Gasteiger partial charge >= 0.3 is 0 Å². The lowest BCUT2D eigenvalue weighted by Gasteiger charge is -2.40. The summed E-state index contributed by atoms with van der Waals surface area (Å²) in [5.41, 5.74) is 0. The maximum absolute atomic E-state index is 13.4. The third kappa shape index (κ3) is 5.90. The molecule has 1 aliphatic carbocycles. The van der Waals surface area contributed by atoms with Gasteiger partial charge in [-0.3, -0.25) is 9.69 Å². The molecular weight excluding hydrogens is 486 g/mol. The number of sulfone groups is 1. The highest BCUT2D eigenvalue weighted by Gasteiger charge is 2.39. The molecule has 1 atom stereocenters. The van der Waals surface area contributed by atoms with Crippen LogP contribution in [0, 0.1) is 0 Å². The van der Waals surface area contributed by atoms with Gasteiger partial charge in [-0.15, -0.1) is 0 Å². The van der Waals surface area contributed by atoms with Crippen LogP contribution < -0.4 is 0 Å². The van der Waals surface area contributed by atoms with Gasteiger partial charge in [0.2, 0.25) is 15.9 Å². The van der Waals surface area contributed by atoms with Gasteiger partial charge in [0.1, 0.15) is 0 Å². The van der Waals surface area contributed by atoms with Crippen LogP contribution in [0.15, 0.2) is 29.2 Å². The van der Waals surface area contributed by atoms with Crippen LogP contribution in [-0.4, -0.2) is 93.2 Å². The molecule has 0 unspecified atom stereocenters. The molecule has 2 saturated heterocycles. The number of hydrogen-bond acceptors (Lipinski definition) is 6. The maximum atomic E-state index is 13.4. The highest BCUT2D eigenvalue weighted by atomic mass is 35.5. The van der Waals surface area contributed by atoms with E-state index < -0.39 is 19.9 Å². The first-order valence-electron chi connectivity index (χ1n) is 11.7. The van der Waals surface area contributed by atoms with Crippen LogP contribution in [0.2, 0.25) is 5.02 Å².